The number of pyridine rings is 1. The monoisotopic (exact) mass is 446 g/mol. The molecule has 0 aliphatic carbocycles. The molecular weight excluding hydrogens is 420 g/mol. The molecule has 1 aliphatic heterocycles. The summed E-state index contributed by atoms with van der Waals surface area (Å²) in [6, 6.07) is 17.6. The van der Waals surface area contributed by atoms with Crippen molar-refractivity contribution in [2.75, 3.05) is 31.6 Å². The quantitative estimate of drug-likeness (QED) is 0.448. The van der Waals surface area contributed by atoms with Crippen LogP contribution >= 0.6 is 0 Å². The van der Waals surface area contributed by atoms with E-state index in [0.29, 0.717) is 48.8 Å². The third kappa shape index (κ3) is 5.08. The van der Waals surface area contributed by atoms with Gasteiger partial charge in [0.05, 0.1) is 41.3 Å². The molecule has 0 spiro atoms. The molecule has 1 N–H and O–H groups in total. The van der Waals surface area contributed by atoms with Crippen LogP contribution in [0.25, 0.3) is 22.4 Å². The van der Waals surface area contributed by atoms with Crippen molar-refractivity contribution in [3.8, 4) is 22.4 Å². The number of hydrogen-bond acceptors (Lipinski definition) is 6. The van der Waals surface area contributed by atoms with Crippen LogP contribution in [0, 0.1) is 17.0 Å². The summed E-state index contributed by atoms with van der Waals surface area (Å²) in [5.74, 6) is -0.152. The maximum Gasteiger partial charge on any atom is 0.270 e. The van der Waals surface area contributed by atoms with Crippen LogP contribution < -0.4 is 5.32 Å². The minimum Gasteiger partial charge on any atom is -0.379 e. The predicted molar refractivity (Wildman–Crippen MR) is 127 cm³/mol. The molecule has 33 heavy (non-hydrogen) atoms. The van der Waals surface area contributed by atoms with Crippen molar-refractivity contribution in [1.82, 2.24) is 9.88 Å². The maximum atomic E-state index is 13.1. The fourth-order valence-corrected chi connectivity index (χ4v) is 3.96. The van der Waals surface area contributed by atoms with Gasteiger partial charge in [0.25, 0.3) is 5.69 Å². The third-order valence-corrected chi connectivity index (χ3v) is 5.86. The van der Waals surface area contributed by atoms with E-state index in [2.05, 4.69) is 10.2 Å². The summed E-state index contributed by atoms with van der Waals surface area (Å²) in [5, 5.41) is 14.4. The smallest absolute Gasteiger partial charge is 0.270 e. The molecule has 1 aliphatic rings. The minimum atomic E-state index is -0.422. The number of non-ortho nitro benzene ring substituents is 1. The molecule has 2 heterocycles. The summed E-state index contributed by atoms with van der Waals surface area (Å²) in [5.41, 5.74) is 4.16. The van der Waals surface area contributed by atoms with E-state index in [1.807, 2.05) is 50.2 Å². The van der Waals surface area contributed by atoms with Gasteiger partial charge in [0.1, 0.15) is 0 Å². The van der Waals surface area contributed by atoms with Gasteiger partial charge in [-0.3, -0.25) is 24.8 Å². The van der Waals surface area contributed by atoms with Crippen molar-refractivity contribution in [2.45, 2.75) is 19.9 Å². The first-order valence-corrected chi connectivity index (χ1v) is 10.9. The molecular formula is C25H26N4O4. The Balaban J connectivity index is 1.76. The van der Waals surface area contributed by atoms with Crippen LogP contribution in [0.5, 0.6) is 0 Å². The number of anilines is 1. The number of nitro groups is 1. The number of amides is 1. The lowest BCUT2D eigenvalue weighted by atomic mass is 9.99. The summed E-state index contributed by atoms with van der Waals surface area (Å²) in [6.07, 6.45) is 0. The third-order valence-electron chi connectivity index (χ3n) is 5.86. The number of nitrogens with one attached hydrogen (secondary N) is 1. The Morgan fingerprint density at radius 3 is 2.48 bits per heavy atom. The lowest BCUT2D eigenvalue weighted by Gasteiger charge is -2.31. The zero-order chi connectivity index (χ0) is 23.4. The van der Waals surface area contributed by atoms with Crippen LogP contribution in [-0.2, 0) is 9.53 Å². The number of rotatable bonds is 6. The largest absolute Gasteiger partial charge is 0.379 e. The fraction of sp³-hybridized carbons (Fsp3) is 0.280. The standard InChI is InChI=1S/C25H26N4O4/c1-17-24(27-25(30)18(2)28-11-13-33-14-12-28)22(20-9-6-10-21(15-20)29(31)32)16-23(26-17)19-7-4-3-5-8-19/h3-10,15-16,18H,11-14H2,1-2H3,(H,27,30). The lowest BCUT2D eigenvalue weighted by molar-refractivity contribution is -0.384. The zero-order valence-corrected chi connectivity index (χ0v) is 18.7. The Bertz CT molecular complexity index is 1160. The van der Waals surface area contributed by atoms with Crippen LogP contribution in [0.15, 0.2) is 60.7 Å². The van der Waals surface area contributed by atoms with Gasteiger partial charge in [0.15, 0.2) is 0 Å². The van der Waals surface area contributed by atoms with Crippen molar-refractivity contribution in [2.24, 2.45) is 0 Å². The van der Waals surface area contributed by atoms with E-state index in [-0.39, 0.29) is 17.6 Å². The van der Waals surface area contributed by atoms with Gasteiger partial charge in [0.2, 0.25) is 5.91 Å². The molecule has 1 atom stereocenters. The summed E-state index contributed by atoms with van der Waals surface area (Å²) < 4.78 is 5.39. The van der Waals surface area contributed by atoms with E-state index < -0.39 is 4.92 Å². The average molecular weight is 447 g/mol. The lowest BCUT2D eigenvalue weighted by Crippen LogP contribution is -2.47. The van der Waals surface area contributed by atoms with Crippen molar-refractivity contribution in [3.05, 3.63) is 76.5 Å². The van der Waals surface area contributed by atoms with Crippen molar-refractivity contribution < 1.29 is 14.5 Å². The van der Waals surface area contributed by atoms with E-state index in [4.69, 9.17) is 9.72 Å². The number of nitro benzene ring substituents is 1. The average Bonchev–Trinajstić information content (AvgIpc) is 2.85. The molecule has 1 aromatic heterocycles. The summed E-state index contributed by atoms with van der Waals surface area (Å²) in [6.45, 7) is 6.29. The van der Waals surface area contributed by atoms with Crippen LogP contribution in [0.1, 0.15) is 12.6 Å². The summed E-state index contributed by atoms with van der Waals surface area (Å²) in [7, 11) is 0. The topological polar surface area (TPSA) is 97.6 Å². The number of aryl methyl sites for hydroxylation is 1. The van der Waals surface area contributed by atoms with Gasteiger partial charge in [-0.2, -0.15) is 0 Å². The second-order valence-electron chi connectivity index (χ2n) is 8.00. The number of hydrogen-bond donors (Lipinski definition) is 1. The number of ether oxygens (including phenoxy) is 1. The molecule has 3 aromatic rings. The molecule has 1 unspecified atom stereocenters. The van der Waals surface area contributed by atoms with Gasteiger partial charge in [0, 0.05) is 36.3 Å². The Hall–Kier alpha value is -3.62. The Kier molecular flexibility index (Phi) is 6.76. The van der Waals surface area contributed by atoms with Gasteiger partial charge in [-0.05, 0) is 25.5 Å². The normalized spacial score (nSPS) is 15.1. The number of carbonyl (C=O) groups excluding carboxylic acids is 1. The van der Waals surface area contributed by atoms with E-state index in [1.165, 1.54) is 12.1 Å². The van der Waals surface area contributed by atoms with E-state index >= 15 is 0 Å². The van der Waals surface area contributed by atoms with Crippen molar-refractivity contribution >= 4 is 17.3 Å². The number of morpholine rings is 1. The molecule has 0 bridgehead atoms. The van der Waals surface area contributed by atoms with E-state index in [0.717, 1.165) is 11.3 Å². The minimum absolute atomic E-state index is 0.0119. The first kappa shape index (κ1) is 22.6. The molecule has 2 aromatic carbocycles. The molecule has 170 valence electrons. The molecule has 4 rings (SSSR count). The number of nitrogens with zero attached hydrogens (tertiary/aromatic N) is 3. The molecule has 1 amide bonds. The highest BCUT2D eigenvalue weighted by molar-refractivity contribution is 5.99. The van der Waals surface area contributed by atoms with Gasteiger partial charge >= 0.3 is 0 Å². The summed E-state index contributed by atoms with van der Waals surface area (Å²) in [4.78, 5) is 30.9. The highest BCUT2D eigenvalue weighted by Gasteiger charge is 2.25. The van der Waals surface area contributed by atoms with Crippen LogP contribution in [0.4, 0.5) is 11.4 Å². The van der Waals surface area contributed by atoms with Crippen LogP contribution in [0.2, 0.25) is 0 Å². The van der Waals surface area contributed by atoms with Gasteiger partial charge in [-0.15, -0.1) is 0 Å². The molecule has 1 fully saturated rings. The number of benzene rings is 2. The molecule has 8 heteroatoms. The maximum absolute atomic E-state index is 13.1. The molecule has 1 saturated heterocycles. The van der Waals surface area contributed by atoms with E-state index in [1.54, 1.807) is 12.1 Å². The second kappa shape index (κ2) is 9.89. The Morgan fingerprint density at radius 2 is 1.79 bits per heavy atom. The first-order chi connectivity index (χ1) is 15.9. The molecule has 0 saturated carbocycles. The molecule has 0 radical (unpaired) electrons. The SMILES string of the molecule is Cc1nc(-c2ccccc2)cc(-c2cccc([N+](=O)[O-])c2)c1NC(=O)C(C)N1CCOCC1. The van der Waals surface area contributed by atoms with Crippen molar-refractivity contribution in [3.63, 3.8) is 0 Å². The Morgan fingerprint density at radius 1 is 1.09 bits per heavy atom. The molecule has 8 nitrogen and oxygen atoms in total. The van der Waals surface area contributed by atoms with E-state index in [9.17, 15) is 14.9 Å². The Labute approximate surface area is 192 Å². The highest BCUT2D eigenvalue weighted by atomic mass is 16.6. The van der Waals surface area contributed by atoms with Gasteiger partial charge in [-0.25, -0.2) is 0 Å². The highest BCUT2D eigenvalue weighted by Crippen LogP contribution is 2.35. The van der Waals surface area contributed by atoms with Gasteiger partial charge in [-0.1, -0.05) is 42.5 Å². The first-order valence-electron chi connectivity index (χ1n) is 10.9. The fourth-order valence-electron chi connectivity index (χ4n) is 3.96. The second-order valence-corrected chi connectivity index (χ2v) is 8.00. The van der Waals surface area contributed by atoms with Crippen molar-refractivity contribution in [1.29, 1.82) is 0 Å². The summed E-state index contributed by atoms with van der Waals surface area (Å²) >= 11 is 0. The number of carbonyl (C=O) groups is 1. The van der Waals surface area contributed by atoms with Crippen LogP contribution in [0.3, 0.4) is 0 Å². The van der Waals surface area contributed by atoms with Gasteiger partial charge < -0.3 is 10.1 Å². The zero-order valence-electron chi connectivity index (χ0n) is 18.7. The van der Waals surface area contributed by atoms with Crippen LogP contribution in [-0.4, -0.2) is 53.1 Å². The predicted octanol–water partition coefficient (Wildman–Crippen LogP) is 4.29. The number of aromatic nitrogens is 1.